The standard InChI is InChI=1S/C23H25N3O3S/c1-26(18-7-3-2-4-8-18)30(28,29)19-14-12-17(13-15-19)25-23(27)21-9-5-11-22-20(21)10-6-16-24-22/h5-6,9-16,18H,2-4,7-8H2,1H3,(H,25,27). The Balaban J connectivity index is 1.51. The van der Waals surface area contributed by atoms with Crippen LogP contribution < -0.4 is 5.32 Å². The first-order valence-corrected chi connectivity index (χ1v) is 11.6. The molecule has 1 N–H and O–H groups in total. The summed E-state index contributed by atoms with van der Waals surface area (Å²) in [4.78, 5) is 17.3. The number of hydrogen-bond acceptors (Lipinski definition) is 4. The average molecular weight is 424 g/mol. The molecule has 2 aromatic carbocycles. The van der Waals surface area contributed by atoms with Gasteiger partial charge in [-0.2, -0.15) is 4.31 Å². The fourth-order valence-corrected chi connectivity index (χ4v) is 5.43. The highest BCUT2D eigenvalue weighted by molar-refractivity contribution is 7.89. The van der Waals surface area contributed by atoms with E-state index in [9.17, 15) is 13.2 Å². The fourth-order valence-electron chi connectivity index (χ4n) is 4.02. The van der Waals surface area contributed by atoms with Crippen LogP contribution in [0.1, 0.15) is 42.5 Å². The Hall–Kier alpha value is -2.77. The van der Waals surface area contributed by atoms with Crippen molar-refractivity contribution in [2.75, 3.05) is 12.4 Å². The first-order chi connectivity index (χ1) is 14.5. The molecule has 4 rings (SSSR count). The summed E-state index contributed by atoms with van der Waals surface area (Å²) in [6.45, 7) is 0. The molecule has 1 amide bonds. The number of sulfonamides is 1. The second-order valence-electron chi connectivity index (χ2n) is 7.67. The van der Waals surface area contributed by atoms with Crippen molar-refractivity contribution in [2.24, 2.45) is 0 Å². The number of nitrogens with one attached hydrogen (secondary N) is 1. The van der Waals surface area contributed by atoms with Crippen molar-refractivity contribution in [1.29, 1.82) is 0 Å². The predicted molar refractivity (Wildman–Crippen MR) is 118 cm³/mol. The molecule has 0 saturated heterocycles. The Morgan fingerprint density at radius 2 is 1.73 bits per heavy atom. The Morgan fingerprint density at radius 3 is 2.47 bits per heavy atom. The van der Waals surface area contributed by atoms with Crippen LogP contribution in [0.5, 0.6) is 0 Å². The number of pyridine rings is 1. The minimum Gasteiger partial charge on any atom is -0.322 e. The molecule has 0 unspecified atom stereocenters. The molecule has 1 saturated carbocycles. The summed E-state index contributed by atoms with van der Waals surface area (Å²) in [5.41, 5.74) is 1.81. The number of rotatable bonds is 5. The highest BCUT2D eigenvalue weighted by Gasteiger charge is 2.29. The van der Waals surface area contributed by atoms with Crippen molar-refractivity contribution in [2.45, 2.75) is 43.0 Å². The number of nitrogens with zero attached hydrogens (tertiary/aromatic N) is 2. The number of fused-ring (bicyclic) bond motifs is 1. The molecule has 0 bridgehead atoms. The van der Waals surface area contributed by atoms with E-state index in [1.54, 1.807) is 55.7 Å². The van der Waals surface area contributed by atoms with Gasteiger partial charge in [0.15, 0.2) is 0 Å². The normalized spacial score (nSPS) is 15.4. The Bertz CT molecular complexity index is 1150. The number of amides is 1. The minimum atomic E-state index is -3.55. The summed E-state index contributed by atoms with van der Waals surface area (Å²) in [5.74, 6) is -0.261. The summed E-state index contributed by atoms with van der Waals surface area (Å²) in [6.07, 6.45) is 6.81. The van der Waals surface area contributed by atoms with Gasteiger partial charge in [0.2, 0.25) is 10.0 Å². The number of carbonyl (C=O) groups excluding carboxylic acids is 1. The van der Waals surface area contributed by atoms with Crippen molar-refractivity contribution in [3.63, 3.8) is 0 Å². The second-order valence-corrected chi connectivity index (χ2v) is 9.66. The van der Waals surface area contributed by atoms with Gasteiger partial charge in [-0.3, -0.25) is 9.78 Å². The van der Waals surface area contributed by atoms with E-state index in [2.05, 4.69) is 10.3 Å². The summed E-state index contributed by atoms with van der Waals surface area (Å²) in [6, 6.07) is 15.5. The van der Waals surface area contributed by atoms with Gasteiger partial charge in [-0.25, -0.2) is 8.42 Å². The van der Waals surface area contributed by atoms with Gasteiger partial charge >= 0.3 is 0 Å². The van der Waals surface area contributed by atoms with Gasteiger partial charge in [0.1, 0.15) is 0 Å². The Morgan fingerprint density at radius 1 is 1.00 bits per heavy atom. The number of benzene rings is 2. The maximum atomic E-state index is 13.0. The van der Waals surface area contributed by atoms with Crippen LogP contribution in [0, 0.1) is 0 Å². The fraction of sp³-hybridized carbons (Fsp3) is 0.304. The number of aromatic nitrogens is 1. The van der Waals surface area contributed by atoms with E-state index in [1.165, 1.54) is 10.7 Å². The van der Waals surface area contributed by atoms with E-state index in [-0.39, 0.29) is 16.8 Å². The molecule has 3 aromatic rings. The molecule has 1 aliphatic carbocycles. The topological polar surface area (TPSA) is 79.4 Å². The molecule has 156 valence electrons. The summed E-state index contributed by atoms with van der Waals surface area (Å²) in [7, 11) is -1.89. The zero-order chi connectivity index (χ0) is 21.1. The van der Waals surface area contributed by atoms with Crippen LogP contribution in [0.25, 0.3) is 10.9 Å². The van der Waals surface area contributed by atoms with E-state index < -0.39 is 10.0 Å². The molecule has 0 atom stereocenters. The van der Waals surface area contributed by atoms with E-state index in [4.69, 9.17) is 0 Å². The number of hydrogen-bond donors (Lipinski definition) is 1. The van der Waals surface area contributed by atoms with E-state index in [1.807, 2.05) is 12.1 Å². The Labute approximate surface area is 177 Å². The lowest BCUT2D eigenvalue weighted by molar-refractivity contribution is 0.102. The molecule has 1 fully saturated rings. The average Bonchev–Trinajstić information content (AvgIpc) is 2.79. The number of anilines is 1. The third kappa shape index (κ3) is 4.08. The second kappa shape index (κ2) is 8.53. The molecular weight excluding hydrogens is 398 g/mol. The quantitative estimate of drug-likeness (QED) is 0.658. The number of carbonyl (C=O) groups is 1. The zero-order valence-corrected chi connectivity index (χ0v) is 17.7. The largest absolute Gasteiger partial charge is 0.322 e. The van der Waals surface area contributed by atoms with Gasteiger partial charge < -0.3 is 5.32 Å². The van der Waals surface area contributed by atoms with Gasteiger partial charge in [0.25, 0.3) is 5.91 Å². The smallest absolute Gasteiger partial charge is 0.256 e. The van der Waals surface area contributed by atoms with Gasteiger partial charge in [-0.15, -0.1) is 0 Å². The lowest BCUT2D eigenvalue weighted by atomic mass is 9.96. The van der Waals surface area contributed by atoms with Gasteiger partial charge in [0.05, 0.1) is 10.4 Å². The lowest BCUT2D eigenvalue weighted by Crippen LogP contribution is -2.38. The third-order valence-electron chi connectivity index (χ3n) is 5.77. The molecule has 1 aromatic heterocycles. The van der Waals surface area contributed by atoms with Crippen LogP contribution in [-0.4, -0.2) is 36.7 Å². The van der Waals surface area contributed by atoms with Crippen LogP contribution in [0.15, 0.2) is 65.7 Å². The van der Waals surface area contributed by atoms with Crippen molar-refractivity contribution >= 4 is 32.5 Å². The monoisotopic (exact) mass is 423 g/mol. The predicted octanol–water partition coefficient (Wildman–Crippen LogP) is 4.44. The van der Waals surface area contributed by atoms with Crippen LogP contribution >= 0.6 is 0 Å². The molecule has 1 heterocycles. The lowest BCUT2D eigenvalue weighted by Gasteiger charge is -2.30. The van der Waals surface area contributed by atoms with E-state index >= 15 is 0 Å². The molecule has 0 radical (unpaired) electrons. The van der Waals surface area contributed by atoms with Crippen molar-refractivity contribution in [1.82, 2.24) is 9.29 Å². The van der Waals surface area contributed by atoms with E-state index in [0.29, 0.717) is 11.3 Å². The highest BCUT2D eigenvalue weighted by atomic mass is 32.2. The van der Waals surface area contributed by atoms with Crippen molar-refractivity contribution in [3.8, 4) is 0 Å². The minimum absolute atomic E-state index is 0.0584. The van der Waals surface area contributed by atoms with E-state index in [0.717, 1.165) is 36.6 Å². The van der Waals surface area contributed by atoms with Gasteiger partial charge in [-0.1, -0.05) is 31.4 Å². The van der Waals surface area contributed by atoms with Crippen LogP contribution in [0.4, 0.5) is 5.69 Å². The van der Waals surface area contributed by atoms with Crippen LogP contribution in [-0.2, 0) is 10.0 Å². The van der Waals surface area contributed by atoms with Crippen molar-refractivity contribution < 1.29 is 13.2 Å². The zero-order valence-electron chi connectivity index (χ0n) is 16.9. The van der Waals surface area contributed by atoms with Crippen molar-refractivity contribution in [3.05, 3.63) is 66.4 Å². The van der Waals surface area contributed by atoms with Gasteiger partial charge in [-0.05, 0) is 55.3 Å². The molecule has 1 aliphatic rings. The molecule has 0 spiro atoms. The van der Waals surface area contributed by atoms with Gasteiger partial charge in [0, 0.05) is 35.9 Å². The molecule has 30 heavy (non-hydrogen) atoms. The molecule has 7 heteroatoms. The maximum absolute atomic E-state index is 13.0. The first-order valence-electron chi connectivity index (χ1n) is 10.2. The molecular formula is C23H25N3O3S. The summed E-state index contributed by atoms with van der Waals surface area (Å²) < 4.78 is 27.4. The highest BCUT2D eigenvalue weighted by Crippen LogP contribution is 2.27. The van der Waals surface area contributed by atoms with Crippen LogP contribution in [0.2, 0.25) is 0 Å². The summed E-state index contributed by atoms with van der Waals surface area (Å²) >= 11 is 0. The molecule has 0 aliphatic heterocycles. The SMILES string of the molecule is CN(C1CCCCC1)S(=O)(=O)c1ccc(NC(=O)c2cccc3ncccc23)cc1. The Kier molecular flexibility index (Phi) is 5.83. The first kappa shape index (κ1) is 20.5. The van der Waals surface area contributed by atoms with Crippen LogP contribution in [0.3, 0.4) is 0 Å². The molecule has 6 nitrogen and oxygen atoms in total. The summed E-state index contributed by atoms with van der Waals surface area (Å²) in [5, 5.41) is 3.62. The maximum Gasteiger partial charge on any atom is 0.256 e. The third-order valence-corrected chi connectivity index (χ3v) is 7.69.